The molecule has 2 aromatic carbocycles. The summed E-state index contributed by atoms with van der Waals surface area (Å²) in [6.07, 6.45) is 14.4. The first kappa shape index (κ1) is 32.5. The van der Waals surface area contributed by atoms with E-state index in [1.807, 2.05) is 0 Å². The van der Waals surface area contributed by atoms with E-state index < -0.39 is 11.9 Å². The number of aryl methyl sites for hydroxylation is 2. The number of nitrogens with zero attached hydrogens (tertiary/aromatic N) is 2. The molecule has 1 saturated carbocycles. The molecule has 2 unspecified atom stereocenters. The minimum atomic E-state index is -0.761. The van der Waals surface area contributed by atoms with Crippen LogP contribution in [0, 0.1) is 17.2 Å². The molecule has 2 fully saturated rings. The van der Waals surface area contributed by atoms with Crippen molar-refractivity contribution >= 4 is 23.7 Å². The molecule has 1 amide bonds. The third-order valence-corrected chi connectivity index (χ3v) is 10.7. The van der Waals surface area contributed by atoms with Crippen molar-refractivity contribution in [1.82, 2.24) is 5.32 Å². The summed E-state index contributed by atoms with van der Waals surface area (Å²) in [5.41, 5.74) is 4.08. The van der Waals surface area contributed by atoms with Crippen LogP contribution in [0.4, 0.5) is 4.39 Å². The van der Waals surface area contributed by atoms with Gasteiger partial charge in [-0.2, -0.15) is 0 Å². The number of fused-ring (bicyclic) bond motifs is 1. The van der Waals surface area contributed by atoms with Crippen LogP contribution in [-0.2, 0) is 27.2 Å². The summed E-state index contributed by atoms with van der Waals surface area (Å²) < 4.78 is 25.0. The molecule has 1 aliphatic carbocycles. The maximum atomic E-state index is 13.3. The molecule has 3 aliphatic heterocycles. The van der Waals surface area contributed by atoms with E-state index in [0.29, 0.717) is 18.3 Å². The first-order valence-electron chi connectivity index (χ1n) is 17.4. The van der Waals surface area contributed by atoms with Gasteiger partial charge in [-0.25, -0.2) is 9.38 Å². The second kappa shape index (κ2) is 15.0. The summed E-state index contributed by atoms with van der Waals surface area (Å²) in [7, 11) is 0. The van der Waals surface area contributed by atoms with Gasteiger partial charge in [0.1, 0.15) is 24.2 Å². The lowest BCUT2D eigenvalue weighted by molar-refractivity contribution is -0.136. The molecule has 3 heterocycles. The van der Waals surface area contributed by atoms with Gasteiger partial charge in [0.15, 0.2) is 5.78 Å². The van der Waals surface area contributed by atoms with Crippen LogP contribution in [0.5, 0.6) is 5.75 Å². The number of nitrogens with one attached hydrogen (secondary N) is 1. The maximum Gasteiger partial charge on any atom is 0.289 e. The number of halogens is 1. The monoisotopic (exact) mass is 629 g/mol. The van der Waals surface area contributed by atoms with Gasteiger partial charge in [0.25, 0.3) is 5.91 Å². The van der Waals surface area contributed by atoms with Crippen LogP contribution in [0.15, 0.2) is 52.4 Å². The Morgan fingerprint density at radius 1 is 1.02 bits per heavy atom. The van der Waals surface area contributed by atoms with Crippen LogP contribution in [0.25, 0.3) is 0 Å². The Labute approximate surface area is 272 Å². The van der Waals surface area contributed by atoms with Crippen molar-refractivity contribution in [2.24, 2.45) is 21.3 Å². The van der Waals surface area contributed by atoms with Crippen LogP contribution in [-0.4, -0.2) is 55.6 Å². The van der Waals surface area contributed by atoms with E-state index in [9.17, 15) is 14.0 Å². The van der Waals surface area contributed by atoms with Crippen molar-refractivity contribution in [3.63, 3.8) is 0 Å². The van der Waals surface area contributed by atoms with Gasteiger partial charge in [-0.15, -0.1) is 0 Å². The molecule has 0 radical (unpaired) electrons. The molecular formula is C38H48FN3O4. The van der Waals surface area contributed by atoms with E-state index in [0.717, 1.165) is 69.0 Å². The Morgan fingerprint density at radius 3 is 2.54 bits per heavy atom. The van der Waals surface area contributed by atoms with E-state index in [2.05, 4.69) is 40.4 Å². The van der Waals surface area contributed by atoms with Gasteiger partial charge in [0, 0.05) is 24.5 Å². The second-order valence-corrected chi connectivity index (χ2v) is 14.0. The lowest BCUT2D eigenvalue weighted by Crippen LogP contribution is -2.47. The van der Waals surface area contributed by atoms with Gasteiger partial charge in [0.2, 0.25) is 5.84 Å². The number of hydrogen-bond acceptors (Lipinski definition) is 6. The third kappa shape index (κ3) is 8.11. The largest absolute Gasteiger partial charge is 0.491 e. The lowest BCUT2D eigenvalue weighted by atomic mass is 9.68. The standard InChI is InChI=1S/C38H48FN3O4/c1-2-29-11-14-34(43)33(42-37(44)36-40-21-18-31(41-36)5-3-4-26-8-12-30(39)13-9-26)23-46-35-15-10-28(22-32(29)35)7-6-27-16-19-38(20-17-27)24-45-25-38/h8-10,12-13,15,21-22,27,29,31,33H,2-7,11,14,16-20,23-25H2,1H3,(H,42,44)/t29?,31?,33-/m0/s1. The SMILES string of the molecule is CCC1CCC(=O)[C@@H](NC(=O)C2=NC(CCCc3ccc(F)cc3)CC=N2)COc2ccc(CCC3CCC4(CC3)COC4)cc21. The van der Waals surface area contributed by atoms with Gasteiger partial charge in [0.05, 0.1) is 19.3 Å². The van der Waals surface area contributed by atoms with E-state index in [1.165, 1.54) is 55.4 Å². The van der Waals surface area contributed by atoms with Gasteiger partial charge < -0.3 is 14.8 Å². The topological polar surface area (TPSA) is 89.4 Å². The molecule has 1 N–H and O–H groups in total. The molecule has 7 nitrogen and oxygen atoms in total. The normalized spacial score (nSPS) is 24.5. The van der Waals surface area contributed by atoms with Crippen LogP contribution in [0.3, 0.4) is 0 Å². The Bertz CT molecular complexity index is 1420. The zero-order valence-electron chi connectivity index (χ0n) is 27.1. The number of Topliss-reactive ketones (excluding diaryl/α,β-unsaturated/α-hetero) is 1. The van der Waals surface area contributed by atoms with Crippen LogP contribution >= 0.6 is 0 Å². The highest BCUT2D eigenvalue weighted by atomic mass is 19.1. The highest BCUT2D eigenvalue weighted by Gasteiger charge is 2.41. The highest BCUT2D eigenvalue weighted by Crippen LogP contribution is 2.45. The fourth-order valence-corrected chi connectivity index (χ4v) is 7.53. The number of benzene rings is 2. The first-order valence-corrected chi connectivity index (χ1v) is 17.4. The number of carbonyl (C=O) groups excluding carboxylic acids is 2. The Balaban J connectivity index is 1.03. The fraction of sp³-hybridized carbons (Fsp3) is 0.579. The van der Waals surface area contributed by atoms with Gasteiger partial charge in [-0.3, -0.25) is 14.6 Å². The summed E-state index contributed by atoms with van der Waals surface area (Å²) in [6, 6.07) is 12.3. The predicted molar refractivity (Wildman–Crippen MR) is 178 cm³/mol. The lowest BCUT2D eigenvalue weighted by Gasteiger charge is -2.46. The molecule has 6 rings (SSSR count). The van der Waals surface area contributed by atoms with Crippen molar-refractivity contribution in [1.29, 1.82) is 0 Å². The number of ether oxygens (including phenoxy) is 2. The molecule has 2 aromatic rings. The summed E-state index contributed by atoms with van der Waals surface area (Å²) in [5, 5.41) is 2.89. The molecule has 0 bridgehead atoms. The van der Waals surface area contributed by atoms with E-state index >= 15 is 0 Å². The van der Waals surface area contributed by atoms with Crippen LogP contribution < -0.4 is 10.1 Å². The average molecular weight is 630 g/mol. The zero-order valence-corrected chi connectivity index (χ0v) is 27.1. The minimum Gasteiger partial charge on any atom is -0.491 e. The summed E-state index contributed by atoms with van der Waals surface area (Å²) >= 11 is 0. The van der Waals surface area contributed by atoms with Crippen molar-refractivity contribution in [3.8, 4) is 5.75 Å². The molecule has 246 valence electrons. The van der Waals surface area contributed by atoms with E-state index in [1.54, 1.807) is 18.3 Å². The third-order valence-electron chi connectivity index (χ3n) is 10.7. The van der Waals surface area contributed by atoms with Crippen molar-refractivity contribution in [3.05, 3.63) is 65.0 Å². The smallest absolute Gasteiger partial charge is 0.289 e. The molecule has 3 atom stereocenters. The zero-order chi connectivity index (χ0) is 31.9. The molecule has 0 aromatic heterocycles. The van der Waals surface area contributed by atoms with Crippen molar-refractivity contribution < 1.29 is 23.5 Å². The number of amidine groups is 1. The Morgan fingerprint density at radius 2 is 1.80 bits per heavy atom. The summed E-state index contributed by atoms with van der Waals surface area (Å²) in [4.78, 5) is 35.4. The maximum absolute atomic E-state index is 13.3. The fourth-order valence-electron chi connectivity index (χ4n) is 7.53. The summed E-state index contributed by atoms with van der Waals surface area (Å²) in [6.45, 7) is 4.17. The molecule has 46 heavy (non-hydrogen) atoms. The molecular weight excluding hydrogens is 581 g/mol. The van der Waals surface area contributed by atoms with Gasteiger partial charge in [-0.1, -0.05) is 31.2 Å². The number of ketones is 1. The minimum absolute atomic E-state index is 0.0250. The number of aliphatic imine (C=N–C) groups is 2. The summed E-state index contributed by atoms with van der Waals surface area (Å²) in [5.74, 6) is 1.22. The Kier molecular flexibility index (Phi) is 10.6. The first-order chi connectivity index (χ1) is 22.4. The van der Waals surface area contributed by atoms with E-state index in [-0.39, 0.29) is 36.0 Å². The van der Waals surface area contributed by atoms with Crippen LogP contribution in [0.2, 0.25) is 0 Å². The molecule has 1 spiro atoms. The Hall–Kier alpha value is -3.39. The number of rotatable bonds is 10. The van der Waals surface area contributed by atoms with E-state index in [4.69, 9.17) is 9.47 Å². The molecule has 8 heteroatoms. The quantitative estimate of drug-likeness (QED) is 0.308. The van der Waals surface area contributed by atoms with Gasteiger partial charge in [-0.05, 0) is 117 Å². The van der Waals surface area contributed by atoms with Gasteiger partial charge >= 0.3 is 0 Å². The van der Waals surface area contributed by atoms with Crippen LogP contribution in [0.1, 0.15) is 100 Å². The second-order valence-electron chi connectivity index (χ2n) is 14.0. The van der Waals surface area contributed by atoms with Crippen molar-refractivity contribution in [2.45, 2.75) is 108 Å². The van der Waals surface area contributed by atoms with Crippen molar-refractivity contribution in [2.75, 3.05) is 19.8 Å². The number of amides is 1. The number of hydrogen-bond donors (Lipinski definition) is 1. The predicted octanol–water partition coefficient (Wildman–Crippen LogP) is 6.95. The average Bonchev–Trinajstić information content (AvgIpc) is 3.12. The molecule has 4 aliphatic rings. The highest BCUT2D eigenvalue weighted by molar-refractivity contribution is 6.40. The molecule has 1 saturated heterocycles. The number of carbonyl (C=O) groups is 2.